The van der Waals surface area contributed by atoms with Gasteiger partial charge in [-0.1, -0.05) is 49.6 Å². The maximum absolute atomic E-state index is 13.4. The zero-order chi connectivity index (χ0) is 19.9. The molecule has 2 aliphatic rings. The molecule has 0 bridgehead atoms. The van der Waals surface area contributed by atoms with Crippen LogP contribution in [0.2, 0.25) is 0 Å². The molecule has 4 rings (SSSR count). The van der Waals surface area contributed by atoms with E-state index in [2.05, 4.69) is 0 Å². The van der Waals surface area contributed by atoms with Crippen LogP contribution in [0.4, 0.5) is 4.39 Å². The molecule has 2 fully saturated rings. The third-order valence-electron chi connectivity index (χ3n) is 5.85. The van der Waals surface area contributed by atoms with Crippen LogP contribution in [0.1, 0.15) is 55.2 Å². The maximum Gasteiger partial charge on any atom is 0.294 e. The third-order valence-corrected chi connectivity index (χ3v) is 6.78. The molecule has 1 saturated carbocycles. The molecular formula is C21H22FNO4S. The first-order valence-electron chi connectivity index (χ1n) is 9.52. The van der Waals surface area contributed by atoms with Gasteiger partial charge < -0.3 is 4.90 Å². The number of rotatable bonds is 4. The van der Waals surface area contributed by atoms with Crippen molar-refractivity contribution in [1.82, 2.24) is 4.90 Å². The normalized spacial score (nSPS) is 23.5. The molecule has 1 aliphatic carbocycles. The molecule has 1 amide bonds. The van der Waals surface area contributed by atoms with Crippen LogP contribution in [0.5, 0.6) is 0 Å². The number of benzene rings is 2. The molecule has 2 aromatic carbocycles. The van der Waals surface area contributed by atoms with E-state index in [0.29, 0.717) is 0 Å². The van der Waals surface area contributed by atoms with Crippen LogP contribution in [0, 0.1) is 5.82 Å². The summed E-state index contributed by atoms with van der Waals surface area (Å²) in [7, 11) is -4.46. The molecule has 0 spiro atoms. The lowest BCUT2D eigenvalue weighted by molar-refractivity contribution is -0.156. The fraction of sp³-hybridized carbons (Fsp3) is 0.381. The minimum absolute atomic E-state index is 0.102. The highest BCUT2D eigenvalue weighted by molar-refractivity contribution is 7.85. The van der Waals surface area contributed by atoms with E-state index >= 15 is 0 Å². The smallest absolute Gasteiger partial charge is 0.294 e. The molecule has 1 N–H and O–H groups in total. The van der Waals surface area contributed by atoms with Gasteiger partial charge in [0.25, 0.3) is 10.1 Å². The van der Waals surface area contributed by atoms with Crippen molar-refractivity contribution in [3.05, 3.63) is 65.5 Å². The topological polar surface area (TPSA) is 74.7 Å². The molecule has 0 radical (unpaired) electrons. The number of likely N-dealkylation sites (tertiary alicyclic amines) is 1. The number of carbonyl (C=O) groups is 1. The van der Waals surface area contributed by atoms with Crippen molar-refractivity contribution in [2.45, 2.75) is 55.0 Å². The zero-order valence-corrected chi connectivity index (χ0v) is 16.1. The number of nitrogens with zero attached hydrogens (tertiary/aromatic N) is 1. The highest BCUT2D eigenvalue weighted by Crippen LogP contribution is 2.50. The second kappa shape index (κ2) is 7.29. The molecule has 28 heavy (non-hydrogen) atoms. The molecule has 2 aromatic rings. The van der Waals surface area contributed by atoms with Crippen LogP contribution in [-0.2, 0) is 14.9 Å². The van der Waals surface area contributed by atoms with Crippen LogP contribution in [0.25, 0.3) is 0 Å². The third kappa shape index (κ3) is 3.33. The van der Waals surface area contributed by atoms with Crippen LogP contribution in [0.3, 0.4) is 0 Å². The molecule has 0 unspecified atom stereocenters. The summed E-state index contributed by atoms with van der Waals surface area (Å²) < 4.78 is 46.8. The first kappa shape index (κ1) is 19.1. The largest absolute Gasteiger partial charge is 0.331 e. The van der Waals surface area contributed by atoms with Gasteiger partial charge in [0.15, 0.2) is 0 Å². The van der Waals surface area contributed by atoms with Crippen molar-refractivity contribution in [2.75, 3.05) is 0 Å². The van der Waals surface area contributed by atoms with Crippen molar-refractivity contribution < 1.29 is 22.2 Å². The number of amides is 1. The van der Waals surface area contributed by atoms with Gasteiger partial charge in [-0.3, -0.25) is 9.35 Å². The van der Waals surface area contributed by atoms with E-state index in [1.807, 2.05) is 4.90 Å². The highest BCUT2D eigenvalue weighted by atomic mass is 32.2. The number of β-lactam (4-membered cyclic amide) rings is 1. The lowest BCUT2D eigenvalue weighted by atomic mass is 9.75. The van der Waals surface area contributed by atoms with E-state index < -0.39 is 16.0 Å². The Labute approximate surface area is 163 Å². The maximum atomic E-state index is 13.4. The summed E-state index contributed by atoms with van der Waals surface area (Å²) in [6, 6.07) is 11.8. The van der Waals surface area contributed by atoms with Crippen molar-refractivity contribution >= 4 is 16.0 Å². The number of hydrogen-bond acceptors (Lipinski definition) is 3. The molecular weight excluding hydrogens is 381 g/mol. The van der Waals surface area contributed by atoms with Gasteiger partial charge >= 0.3 is 0 Å². The first-order chi connectivity index (χ1) is 13.4. The Morgan fingerprint density at radius 3 is 2.25 bits per heavy atom. The van der Waals surface area contributed by atoms with Gasteiger partial charge in [-0.15, -0.1) is 0 Å². The Bertz CT molecular complexity index is 984. The summed E-state index contributed by atoms with van der Waals surface area (Å²) in [5.41, 5.74) is 1.05. The predicted molar refractivity (Wildman–Crippen MR) is 102 cm³/mol. The van der Waals surface area contributed by atoms with Crippen molar-refractivity contribution in [3.63, 3.8) is 0 Å². The monoisotopic (exact) mass is 403 g/mol. The second-order valence-electron chi connectivity index (χ2n) is 7.52. The molecule has 1 aliphatic heterocycles. The molecule has 0 aromatic heterocycles. The van der Waals surface area contributed by atoms with Crippen LogP contribution in [0.15, 0.2) is 53.4 Å². The molecule has 1 saturated heterocycles. The Morgan fingerprint density at radius 2 is 1.61 bits per heavy atom. The van der Waals surface area contributed by atoms with E-state index in [-0.39, 0.29) is 34.3 Å². The fourth-order valence-corrected chi connectivity index (χ4v) is 5.31. The summed E-state index contributed by atoms with van der Waals surface area (Å²) >= 11 is 0. The fourth-order valence-electron chi connectivity index (χ4n) is 4.57. The summed E-state index contributed by atoms with van der Waals surface area (Å²) in [4.78, 5) is 14.8. The van der Waals surface area contributed by atoms with Gasteiger partial charge in [0.05, 0.1) is 16.9 Å². The minimum atomic E-state index is -4.46. The van der Waals surface area contributed by atoms with Crippen molar-refractivity contribution in [2.24, 2.45) is 0 Å². The number of halogens is 1. The summed E-state index contributed by atoms with van der Waals surface area (Å²) in [5.74, 6) is -1.23. The second-order valence-corrected chi connectivity index (χ2v) is 8.91. The van der Waals surface area contributed by atoms with E-state index in [1.54, 1.807) is 24.3 Å². The SMILES string of the molecule is O=C1[C@H](c2ccccc2S(=O)(=O)O)[C@@H](c2ccc(F)cc2)N1C1CCCCC1. The summed E-state index contributed by atoms with van der Waals surface area (Å²) in [6.45, 7) is 0. The van der Waals surface area contributed by atoms with Crippen molar-refractivity contribution in [3.8, 4) is 0 Å². The molecule has 1 heterocycles. The van der Waals surface area contributed by atoms with Crippen LogP contribution in [-0.4, -0.2) is 29.8 Å². The molecule has 5 nitrogen and oxygen atoms in total. The zero-order valence-electron chi connectivity index (χ0n) is 15.3. The lowest BCUT2D eigenvalue weighted by Crippen LogP contribution is -2.58. The molecule has 148 valence electrons. The van der Waals surface area contributed by atoms with Crippen LogP contribution >= 0.6 is 0 Å². The van der Waals surface area contributed by atoms with Crippen molar-refractivity contribution in [1.29, 1.82) is 0 Å². The Morgan fingerprint density at radius 1 is 0.964 bits per heavy atom. The average molecular weight is 403 g/mol. The Kier molecular flexibility index (Phi) is 4.97. The minimum Gasteiger partial charge on any atom is -0.331 e. The van der Waals surface area contributed by atoms with Gasteiger partial charge in [0, 0.05) is 6.04 Å². The van der Waals surface area contributed by atoms with Gasteiger partial charge in [0.2, 0.25) is 5.91 Å². The molecule has 7 heteroatoms. The highest BCUT2D eigenvalue weighted by Gasteiger charge is 2.52. The van der Waals surface area contributed by atoms with Gasteiger partial charge in [-0.05, 0) is 42.2 Å². The van der Waals surface area contributed by atoms with Gasteiger partial charge in [-0.25, -0.2) is 4.39 Å². The van der Waals surface area contributed by atoms with E-state index in [4.69, 9.17) is 0 Å². The Hall–Kier alpha value is -2.25. The van der Waals surface area contributed by atoms with Crippen LogP contribution < -0.4 is 0 Å². The number of hydrogen-bond donors (Lipinski definition) is 1. The average Bonchev–Trinajstić information content (AvgIpc) is 2.67. The van der Waals surface area contributed by atoms with E-state index in [1.165, 1.54) is 24.3 Å². The lowest BCUT2D eigenvalue weighted by Gasteiger charge is -2.52. The first-order valence-corrected chi connectivity index (χ1v) is 11.0. The number of carbonyl (C=O) groups excluding carboxylic acids is 1. The predicted octanol–water partition coefficient (Wildman–Crippen LogP) is 4.07. The van der Waals surface area contributed by atoms with Gasteiger partial charge in [0.1, 0.15) is 5.82 Å². The summed E-state index contributed by atoms with van der Waals surface area (Å²) in [6.07, 6.45) is 5.08. The Balaban J connectivity index is 1.78. The van der Waals surface area contributed by atoms with E-state index in [0.717, 1.165) is 37.7 Å². The molecule has 2 atom stereocenters. The van der Waals surface area contributed by atoms with E-state index in [9.17, 15) is 22.2 Å². The quantitative estimate of drug-likeness (QED) is 0.617. The summed E-state index contributed by atoms with van der Waals surface area (Å²) in [5, 5.41) is 0. The standard InChI is InChI=1S/C21H22FNO4S/c22-15-12-10-14(11-13-15)20-19(17-8-4-5-9-18(17)28(25,26)27)21(24)23(20)16-6-2-1-3-7-16/h4-5,8-13,16,19-20H,1-3,6-7H2,(H,25,26,27)/t19-,20-/m1/s1. The van der Waals surface area contributed by atoms with Gasteiger partial charge in [-0.2, -0.15) is 8.42 Å².